The molecule has 5 nitrogen and oxygen atoms in total. The van der Waals surface area contributed by atoms with Gasteiger partial charge in [-0.3, -0.25) is 9.89 Å². The molecule has 0 bridgehead atoms. The minimum absolute atomic E-state index is 0.389. The Hall–Kier alpha value is -1.75. The second-order valence-electron chi connectivity index (χ2n) is 5.92. The zero-order valence-corrected chi connectivity index (χ0v) is 13.3. The van der Waals surface area contributed by atoms with Crippen LogP contribution in [0.2, 0.25) is 0 Å². The molecule has 2 heterocycles. The van der Waals surface area contributed by atoms with Crippen LogP contribution in [0.25, 0.3) is 0 Å². The minimum atomic E-state index is 0.389. The highest BCUT2D eigenvalue weighted by Gasteiger charge is 2.23. The number of ether oxygens (including phenoxy) is 1. The quantitative estimate of drug-likeness (QED) is 0.870. The van der Waals surface area contributed by atoms with E-state index in [4.69, 9.17) is 4.74 Å². The molecule has 5 heteroatoms. The van der Waals surface area contributed by atoms with E-state index in [2.05, 4.69) is 44.8 Å². The van der Waals surface area contributed by atoms with E-state index in [0.717, 1.165) is 37.8 Å². The van der Waals surface area contributed by atoms with E-state index in [1.54, 1.807) is 7.11 Å². The highest BCUT2D eigenvalue weighted by Crippen LogP contribution is 2.26. The van der Waals surface area contributed by atoms with Crippen LogP contribution in [0.3, 0.4) is 0 Å². The van der Waals surface area contributed by atoms with E-state index < -0.39 is 0 Å². The first-order valence-corrected chi connectivity index (χ1v) is 8.27. The summed E-state index contributed by atoms with van der Waals surface area (Å²) in [6.45, 7) is 5.18. The molecule has 0 radical (unpaired) electrons. The third-order valence-electron chi connectivity index (χ3n) is 4.44. The van der Waals surface area contributed by atoms with Gasteiger partial charge in [0, 0.05) is 19.6 Å². The van der Waals surface area contributed by atoms with Crippen molar-refractivity contribution in [2.45, 2.75) is 25.3 Å². The number of rotatable bonds is 5. The summed E-state index contributed by atoms with van der Waals surface area (Å²) in [7, 11) is 1.71. The van der Waals surface area contributed by atoms with Crippen LogP contribution < -0.4 is 15.4 Å². The van der Waals surface area contributed by atoms with Gasteiger partial charge in [-0.15, -0.1) is 0 Å². The summed E-state index contributed by atoms with van der Waals surface area (Å²) < 4.78 is 5.27. The second-order valence-corrected chi connectivity index (χ2v) is 5.92. The molecule has 2 aliphatic heterocycles. The monoisotopic (exact) mass is 302 g/mol. The van der Waals surface area contributed by atoms with Crippen molar-refractivity contribution in [1.82, 2.24) is 15.5 Å². The lowest BCUT2D eigenvalue weighted by Gasteiger charge is -2.29. The van der Waals surface area contributed by atoms with E-state index >= 15 is 0 Å². The Labute approximate surface area is 132 Å². The molecule has 1 atom stereocenters. The van der Waals surface area contributed by atoms with Crippen LogP contribution in [0.5, 0.6) is 5.75 Å². The first-order chi connectivity index (χ1) is 10.9. The first-order valence-electron chi connectivity index (χ1n) is 8.27. The van der Waals surface area contributed by atoms with Crippen molar-refractivity contribution in [3.8, 4) is 5.75 Å². The maximum Gasteiger partial charge on any atom is 0.191 e. The Morgan fingerprint density at radius 1 is 1.23 bits per heavy atom. The van der Waals surface area contributed by atoms with Gasteiger partial charge in [-0.1, -0.05) is 12.1 Å². The van der Waals surface area contributed by atoms with Crippen molar-refractivity contribution >= 4 is 5.96 Å². The van der Waals surface area contributed by atoms with Crippen LogP contribution >= 0.6 is 0 Å². The van der Waals surface area contributed by atoms with Gasteiger partial charge in [0.15, 0.2) is 5.96 Å². The number of benzene rings is 1. The van der Waals surface area contributed by atoms with Gasteiger partial charge in [0.2, 0.25) is 0 Å². The topological polar surface area (TPSA) is 48.9 Å². The highest BCUT2D eigenvalue weighted by atomic mass is 16.5. The molecule has 0 saturated carbocycles. The van der Waals surface area contributed by atoms with E-state index in [1.165, 1.54) is 31.5 Å². The fourth-order valence-corrected chi connectivity index (χ4v) is 3.18. The number of aliphatic imine (C=N–C) groups is 1. The van der Waals surface area contributed by atoms with Crippen molar-refractivity contribution < 1.29 is 4.74 Å². The van der Waals surface area contributed by atoms with Crippen molar-refractivity contribution in [2.24, 2.45) is 4.99 Å². The number of hydrogen-bond donors (Lipinski definition) is 2. The van der Waals surface area contributed by atoms with Gasteiger partial charge in [0.05, 0.1) is 13.2 Å². The van der Waals surface area contributed by atoms with Gasteiger partial charge in [0.1, 0.15) is 5.75 Å². The van der Waals surface area contributed by atoms with E-state index in [0.29, 0.717) is 6.04 Å². The molecule has 1 unspecified atom stereocenters. The predicted molar refractivity (Wildman–Crippen MR) is 89.5 cm³/mol. The number of guanidine groups is 1. The molecule has 1 saturated heterocycles. The number of hydrogen-bond acceptors (Lipinski definition) is 5. The maximum atomic E-state index is 5.27. The van der Waals surface area contributed by atoms with Gasteiger partial charge in [-0.2, -0.15) is 0 Å². The normalized spacial score (nSPS) is 20.1. The zero-order valence-electron chi connectivity index (χ0n) is 13.3. The molecule has 0 aromatic heterocycles. The van der Waals surface area contributed by atoms with Gasteiger partial charge < -0.3 is 15.4 Å². The summed E-state index contributed by atoms with van der Waals surface area (Å²) in [5.74, 6) is 1.86. The Kier molecular flexibility index (Phi) is 5.16. The molecule has 0 spiro atoms. The molecule has 22 heavy (non-hydrogen) atoms. The third kappa shape index (κ3) is 3.71. The molecule has 2 N–H and O–H groups in total. The summed E-state index contributed by atoms with van der Waals surface area (Å²) >= 11 is 0. The average molecular weight is 302 g/mol. The molecule has 0 amide bonds. The number of nitrogens with zero attached hydrogens (tertiary/aromatic N) is 2. The smallest absolute Gasteiger partial charge is 0.191 e. The van der Waals surface area contributed by atoms with Crippen molar-refractivity contribution in [3.63, 3.8) is 0 Å². The molecule has 2 aliphatic rings. The first kappa shape index (κ1) is 15.2. The van der Waals surface area contributed by atoms with Crippen molar-refractivity contribution in [1.29, 1.82) is 0 Å². The van der Waals surface area contributed by atoms with Crippen LogP contribution in [0.1, 0.15) is 30.9 Å². The molecular weight excluding hydrogens is 276 g/mol. The Balaban J connectivity index is 1.69. The third-order valence-corrected chi connectivity index (χ3v) is 4.44. The average Bonchev–Trinajstić information content (AvgIpc) is 3.11. The number of methoxy groups -OCH3 is 1. The van der Waals surface area contributed by atoms with Gasteiger partial charge in [-0.25, -0.2) is 0 Å². The minimum Gasteiger partial charge on any atom is -0.497 e. The lowest BCUT2D eigenvalue weighted by molar-refractivity contribution is 0.245. The van der Waals surface area contributed by atoms with E-state index in [9.17, 15) is 0 Å². The lowest BCUT2D eigenvalue weighted by atomic mass is 10.1. The van der Waals surface area contributed by atoms with Crippen LogP contribution in [-0.4, -0.2) is 50.7 Å². The summed E-state index contributed by atoms with van der Waals surface area (Å²) in [4.78, 5) is 7.07. The zero-order chi connectivity index (χ0) is 15.2. The second kappa shape index (κ2) is 7.49. The maximum absolute atomic E-state index is 5.27. The van der Waals surface area contributed by atoms with Gasteiger partial charge >= 0.3 is 0 Å². The van der Waals surface area contributed by atoms with Crippen molar-refractivity contribution in [2.75, 3.05) is 39.8 Å². The molecule has 120 valence electrons. The van der Waals surface area contributed by atoms with Crippen LogP contribution in [-0.2, 0) is 0 Å². The predicted octanol–water partition coefficient (Wildman–Crippen LogP) is 1.77. The largest absolute Gasteiger partial charge is 0.497 e. The summed E-state index contributed by atoms with van der Waals surface area (Å²) in [5.41, 5.74) is 1.34. The standard InChI is InChI=1S/C17H26N4O/c1-22-15-7-5-14(6-8-15)16(21-11-2-3-12-21)13-20-17-18-9-4-10-19-17/h5-8,16H,2-4,9-13H2,1H3,(H2,18,19,20). The van der Waals surface area contributed by atoms with Crippen molar-refractivity contribution in [3.05, 3.63) is 29.8 Å². The van der Waals surface area contributed by atoms with Crippen LogP contribution in [0.4, 0.5) is 0 Å². The molecule has 1 fully saturated rings. The number of nitrogens with one attached hydrogen (secondary N) is 2. The van der Waals surface area contributed by atoms with E-state index in [1.807, 2.05) is 0 Å². The molecule has 1 aromatic carbocycles. The number of likely N-dealkylation sites (tertiary alicyclic amines) is 1. The fraction of sp³-hybridized carbons (Fsp3) is 0.588. The summed E-state index contributed by atoms with van der Waals surface area (Å²) in [6.07, 6.45) is 3.72. The molecular formula is C17H26N4O. The Bertz CT molecular complexity index is 494. The fourth-order valence-electron chi connectivity index (χ4n) is 3.18. The van der Waals surface area contributed by atoms with Gasteiger partial charge in [-0.05, 0) is 50.0 Å². The molecule has 0 aliphatic carbocycles. The molecule has 3 rings (SSSR count). The SMILES string of the molecule is COc1ccc(C(CNC2=NCCCN2)N2CCCC2)cc1. The van der Waals surface area contributed by atoms with Crippen LogP contribution in [0, 0.1) is 0 Å². The summed E-state index contributed by atoms with van der Waals surface area (Å²) in [6, 6.07) is 8.85. The van der Waals surface area contributed by atoms with Crippen LogP contribution in [0.15, 0.2) is 29.3 Å². The van der Waals surface area contributed by atoms with E-state index in [-0.39, 0.29) is 0 Å². The molecule has 1 aromatic rings. The lowest BCUT2D eigenvalue weighted by Crippen LogP contribution is -2.44. The Morgan fingerprint density at radius 3 is 2.64 bits per heavy atom. The Morgan fingerprint density at radius 2 is 2.00 bits per heavy atom. The highest BCUT2D eigenvalue weighted by molar-refractivity contribution is 5.80. The van der Waals surface area contributed by atoms with Gasteiger partial charge in [0.25, 0.3) is 0 Å². The summed E-state index contributed by atoms with van der Waals surface area (Å²) in [5, 5.41) is 6.83.